The number of rotatable bonds is 7. The minimum atomic E-state index is -0.450. The van der Waals surface area contributed by atoms with E-state index in [1.54, 1.807) is 17.5 Å². The quantitative estimate of drug-likeness (QED) is 0.207. The van der Waals surface area contributed by atoms with E-state index in [9.17, 15) is 14.9 Å². The van der Waals surface area contributed by atoms with Gasteiger partial charge in [0.05, 0.1) is 10.6 Å². The Bertz CT molecular complexity index is 1200. The number of nitrogens with one attached hydrogen (secondary N) is 1. The molecule has 0 spiro atoms. The standard InChI is InChI=1S/C23H17N3O3S2/c27-22(21(16-8-3-1-4-9-16)31-19-12-5-2-6-13-19)25-23-24-20(15-30-23)17-10-7-11-18(14-17)26(28)29/h1-15,21H,(H,24,25,27). The van der Waals surface area contributed by atoms with E-state index in [1.165, 1.54) is 35.2 Å². The van der Waals surface area contributed by atoms with Crippen molar-refractivity contribution in [3.63, 3.8) is 0 Å². The van der Waals surface area contributed by atoms with Gasteiger partial charge in [-0.1, -0.05) is 60.7 Å². The Hall–Kier alpha value is -3.49. The van der Waals surface area contributed by atoms with Crippen molar-refractivity contribution in [3.8, 4) is 11.3 Å². The minimum Gasteiger partial charge on any atom is -0.301 e. The molecule has 0 bridgehead atoms. The lowest BCUT2D eigenvalue weighted by Gasteiger charge is -2.16. The van der Waals surface area contributed by atoms with Crippen LogP contribution in [-0.4, -0.2) is 15.8 Å². The summed E-state index contributed by atoms with van der Waals surface area (Å²) >= 11 is 2.75. The number of nitrogens with zero attached hydrogens (tertiary/aromatic N) is 2. The second kappa shape index (κ2) is 9.55. The summed E-state index contributed by atoms with van der Waals surface area (Å²) in [5, 5.41) is 15.7. The lowest BCUT2D eigenvalue weighted by molar-refractivity contribution is -0.384. The van der Waals surface area contributed by atoms with Crippen LogP contribution in [-0.2, 0) is 4.79 Å². The average Bonchev–Trinajstić information content (AvgIpc) is 3.27. The van der Waals surface area contributed by atoms with Crippen LogP contribution >= 0.6 is 23.1 Å². The summed E-state index contributed by atoms with van der Waals surface area (Å²) in [4.78, 5) is 29.2. The predicted molar refractivity (Wildman–Crippen MR) is 124 cm³/mol. The Balaban J connectivity index is 1.55. The van der Waals surface area contributed by atoms with Gasteiger partial charge in [0.2, 0.25) is 5.91 Å². The van der Waals surface area contributed by atoms with Gasteiger partial charge in [0.1, 0.15) is 5.25 Å². The van der Waals surface area contributed by atoms with Crippen molar-refractivity contribution in [1.82, 2.24) is 4.98 Å². The molecule has 3 aromatic carbocycles. The first-order valence-electron chi connectivity index (χ1n) is 9.38. The zero-order chi connectivity index (χ0) is 21.6. The number of benzene rings is 3. The number of thioether (sulfide) groups is 1. The molecule has 1 atom stereocenters. The Morgan fingerprint density at radius 1 is 1.00 bits per heavy atom. The van der Waals surface area contributed by atoms with E-state index in [4.69, 9.17) is 0 Å². The van der Waals surface area contributed by atoms with Gasteiger partial charge in [-0.05, 0) is 17.7 Å². The fourth-order valence-corrected chi connectivity index (χ4v) is 4.72. The van der Waals surface area contributed by atoms with E-state index in [0.29, 0.717) is 16.4 Å². The molecular formula is C23H17N3O3S2. The number of hydrogen-bond donors (Lipinski definition) is 1. The van der Waals surface area contributed by atoms with Crippen LogP contribution in [0.15, 0.2) is 95.2 Å². The van der Waals surface area contributed by atoms with Crippen LogP contribution < -0.4 is 5.32 Å². The molecule has 154 valence electrons. The third kappa shape index (κ3) is 5.17. The Kier molecular flexibility index (Phi) is 6.40. The van der Waals surface area contributed by atoms with Gasteiger partial charge in [0, 0.05) is 28.0 Å². The van der Waals surface area contributed by atoms with Crippen LogP contribution in [0.1, 0.15) is 10.8 Å². The van der Waals surface area contributed by atoms with Crippen LogP contribution in [0, 0.1) is 10.1 Å². The molecule has 4 aromatic rings. The molecule has 0 aliphatic rings. The number of carbonyl (C=O) groups excluding carboxylic acids is 1. The summed E-state index contributed by atoms with van der Waals surface area (Å²) in [5.41, 5.74) is 2.10. The summed E-state index contributed by atoms with van der Waals surface area (Å²) in [6.07, 6.45) is 0. The summed E-state index contributed by atoms with van der Waals surface area (Å²) in [6.45, 7) is 0. The minimum absolute atomic E-state index is 0.000474. The Labute approximate surface area is 187 Å². The van der Waals surface area contributed by atoms with Crippen molar-refractivity contribution < 1.29 is 9.72 Å². The predicted octanol–water partition coefficient (Wildman–Crippen LogP) is 6.19. The molecule has 0 saturated carbocycles. The number of thiazole rings is 1. The van der Waals surface area contributed by atoms with Crippen LogP contribution in [0.3, 0.4) is 0 Å². The average molecular weight is 448 g/mol. The van der Waals surface area contributed by atoms with Crippen molar-refractivity contribution >= 4 is 39.8 Å². The van der Waals surface area contributed by atoms with Gasteiger partial charge in [0.25, 0.3) is 5.69 Å². The van der Waals surface area contributed by atoms with Gasteiger partial charge in [-0.2, -0.15) is 0 Å². The zero-order valence-electron chi connectivity index (χ0n) is 16.2. The second-order valence-corrected chi connectivity index (χ2v) is 8.59. The molecule has 0 aliphatic heterocycles. The highest BCUT2D eigenvalue weighted by atomic mass is 32.2. The molecule has 1 amide bonds. The van der Waals surface area contributed by atoms with Gasteiger partial charge in [-0.3, -0.25) is 14.9 Å². The molecule has 4 rings (SSSR count). The summed E-state index contributed by atoms with van der Waals surface area (Å²) in [6, 6.07) is 25.6. The van der Waals surface area contributed by atoms with Gasteiger partial charge in [-0.25, -0.2) is 4.98 Å². The smallest absolute Gasteiger partial charge is 0.270 e. The first kappa shape index (κ1) is 20.8. The zero-order valence-corrected chi connectivity index (χ0v) is 17.8. The maximum atomic E-state index is 13.2. The normalized spacial score (nSPS) is 11.6. The maximum absolute atomic E-state index is 13.2. The molecule has 0 fully saturated rings. The van der Waals surface area contributed by atoms with Crippen molar-refractivity contribution in [2.45, 2.75) is 10.1 Å². The lowest BCUT2D eigenvalue weighted by atomic mass is 10.1. The summed E-state index contributed by atoms with van der Waals surface area (Å²) in [5.74, 6) is -0.181. The highest BCUT2D eigenvalue weighted by Crippen LogP contribution is 2.36. The molecule has 0 aliphatic carbocycles. The molecule has 1 N–H and O–H groups in total. The van der Waals surface area contributed by atoms with E-state index in [2.05, 4.69) is 10.3 Å². The number of anilines is 1. The highest BCUT2D eigenvalue weighted by molar-refractivity contribution is 8.00. The SMILES string of the molecule is O=C(Nc1nc(-c2cccc([N+](=O)[O-])c2)cs1)C(Sc1ccccc1)c1ccccc1. The number of carbonyl (C=O) groups is 1. The maximum Gasteiger partial charge on any atom is 0.270 e. The fraction of sp³-hybridized carbons (Fsp3) is 0.0435. The number of nitro groups is 1. The molecule has 1 aromatic heterocycles. The van der Waals surface area contributed by atoms with Gasteiger partial charge >= 0.3 is 0 Å². The monoisotopic (exact) mass is 447 g/mol. The molecule has 1 heterocycles. The largest absolute Gasteiger partial charge is 0.301 e. The Morgan fingerprint density at radius 3 is 2.42 bits per heavy atom. The van der Waals surface area contributed by atoms with Crippen LogP contribution in [0.4, 0.5) is 10.8 Å². The Morgan fingerprint density at radius 2 is 1.71 bits per heavy atom. The van der Waals surface area contributed by atoms with Crippen LogP contribution in [0.25, 0.3) is 11.3 Å². The number of aromatic nitrogens is 1. The molecular weight excluding hydrogens is 430 g/mol. The number of nitro benzene ring substituents is 1. The topological polar surface area (TPSA) is 85.1 Å². The molecule has 0 radical (unpaired) electrons. The van der Waals surface area contributed by atoms with Crippen molar-refractivity contribution in [1.29, 1.82) is 0 Å². The summed E-state index contributed by atoms with van der Waals surface area (Å²) in [7, 11) is 0. The first-order chi connectivity index (χ1) is 15.1. The van der Waals surface area contributed by atoms with E-state index >= 15 is 0 Å². The van der Waals surface area contributed by atoms with Crippen molar-refractivity contribution in [2.75, 3.05) is 5.32 Å². The van der Waals surface area contributed by atoms with E-state index in [0.717, 1.165) is 10.5 Å². The molecule has 8 heteroatoms. The van der Waals surface area contributed by atoms with E-state index < -0.39 is 10.2 Å². The number of hydrogen-bond acceptors (Lipinski definition) is 6. The second-order valence-electron chi connectivity index (χ2n) is 6.56. The van der Waals surface area contributed by atoms with Crippen LogP contribution in [0.2, 0.25) is 0 Å². The summed E-state index contributed by atoms with van der Waals surface area (Å²) < 4.78 is 0. The van der Waals surface area contributed by atoms with Crippen molar-refractivity contribution in [2.24, 2.45) is 0 Å². The fourth-order valence-electron chi connectivity index (χ4n) is 2.95. The number of non-ortho nitro benzene ring substituents is 1. The van der Waals surface area contributed by atoms with Gasteiger partial charge in [0.15, 0.2) is 5.13 Å². The third-order valence-corrected chi connectivity index (χ3v) is 6.45. The molecule has 31 heavy (non-hydrogen) atoms. The van der Waals surface area contributed by atoms with Gasteiger partial charge in [-0.15, -0.1) is 23.1 Å². The molecule has 0 saturated heterocycles. The van der Waals surface area contributed by atoms with Crippen molar-refractivity contribution in [3.05, 3.63) is 106 Å². The third-order valence-electron chi connectivity index (χ3n) is 4.42. The number of amides is 1. The highest BCUT2D eigenvalue weighted by Gasteiger charge is 2.23. The molecule has 6 nitrogen and oxygen atoms in total. The van der Waals surface area contributed by atoms with E-state index in [-0.39, 0.29) is 11.6 Å². The molecule has 1 unspecified atom stereocenters. The van der Waals surface area contributed by atoms with Crippen LogP contribution in [0.5, 0.6) is 0 Å². The lowest BCUT2D eigenvalue weighted by Crippen LogP contribution is -2.18. The van der Waals surface area contributed by atoms with E-state index in [1.807, 2.05) is 60.7 Å². The first-order valence-corrected chi connectivity index (χ1v) is 11.1. The van der Waals surface area contributed by atoms with Gasteiger partial charge < -0.3 is 5.32 Å².